The molecular formula is C52H66N8O6. The molecule has 14 nitrogen and oxygen atoms in total. The summed E-state index contributed by atoms with van der Waals surface area (Å²) < 4.78 is 1.98. The van der Waals surface area contributed by atoms with Gasteiger partial charge in [0.1, 0.15) is 23.9 Å². The van der Waals surface area contributed by atoms with Crippen molar-refractivity contribution < 1.29 is 29.1 Å². The number of primary amides is 1. The number of nitrogens with zero attached hydrogens (tertiary/aromatic N) is 2. The molecule has 0 saturated heterocycles. The SMILES string of the molecule is CCCCCCCC(=O)NCCCC[C@H](NC(=O)[C@@H](N)Cc1cn(C(c2ccccc2)c2ccccc2)cn1)C(=O)N[C@H](Cc1ccc(C)cc1)C(=O)N[C@@H](Cc1ccc(O)cc1)C(N)=O. The third kappa shape index (κ3) is 16.3. The van der Waals surface area contributed by atoms with Crippen LogP contribution in [0.1, 0.15) is 104 Å². The maximum atomic E-state index is 14.3. The lowest BCUT2D eigenvalue weighted by Gasteiger charge is -2.26. The third-order valence-corrected chi connectivity index (χ3v) is 11.6. The second-order valence-electron chi connectivity index (χ2n) is 17.0. The Kier molecular flexibility index (Phi) is 20.0. The zero-order valence-corrected chi connectivity index (χ0v) is 38.2. The number of amides is 5. The zero-order chi connectivity index (χ0) is 47.3. The first-order valence-electron chi connectivity index (χ1n) is 23.1. The van der Waals surface area contributed by atoms with E-state index in [1.165, 1.54) is 12.1 Å². The fourth-order valence-electron chi connectivity index (χ4n) is 7.78. The third-order valence-electron chi connectivity index (χ3n) is 11.6. The van der Waals surface area contributed by atoms with Crippen LogP contribution in [0, 0.1) is 6.92 Å². The van der Waals surface area contributed by atoms with Gasteiger partial charge in [0, 0.05) is 38.4 Å². The molecule has 0 unspecified atom stereocenters. The molecule has 9 N–H and O–H groups in total. The Balaban J connectivity index is 1.30. The van der Waals surface area contributed by atoms with Crippen molar-refractivity contribution in [1.29, 1.82) is 0 Å². The van der Waals surface area contributed by atoms with Crippen LogP contribution >= 0.6 is 0 Å². The van der Waals surface area contributed by atoms with Gasteiger partial charge in [0.05, 0.1) is 24.1 Å². The molecule has 66 heavy (non-hydrogen) atoms. The number of imidazole rings is 1. The molecule has 5 rings (SSSR count). The molecule has 5 amide bonds. The van der Waals surface area contributed by atoms with Gasteiger partial charge < -0.3 is 42.4 Å². The molecule has 350 valence electrons. The number of carbonyl (C=O) groups excluding carboxylic acids is 5. The number of aromatic nitrogens is 2. The average molecular weight is 899 g/mol. The fraction of sp³-hybridized carbons (Fsp3) is 0.385. The summed E-state index contributed by atoms with van der Waals surface area (Å²) in [4.78, 5) is 72.0. The number of hydrogen-bond donors (Lipinski definition) is 7. The molecule has 1 aromatic heterocycles. The lowest BCUT2D eigenvalue weighted by atomic mass is 9.98. The summed E-state index contributed by atoms with van der Waals surface area (Å²) in [6.45, 7) is 4.49. The van der Waals surface area contributed by atoms with E-state index in [-0.39, 0.29) is 43.4 Å². The zero-order valence-electron chi connectivity index (χ0n) is 38.2. The van der Waals surface area contributed by atoms with Crippen molar-refractivity contribution >= 4 is 29.5 Å². The van der Waals surface area contributed by atoms with Crippen molar-refractivity contribution in [2.45, 2.75) is 121 Å². The molecule has 0 aliphatic carbocycles. The van der Waals surface area contributed by atoms with Gasteiger partial charge in [-0.25, -0.2) is 4.98 Å². The number of rotatable bonds is 27. The van der Waals surface area contributed by atoms with Gasteiger partial charge in [0.25, 0.3) is 0 Å². The van der Waals surface area contributed by atoms with Gasteiger partial charge in [-0.2, -0.15) is 0 Å². The van der Waals surface area contributed by atoms with Crippen LogP contribution in [0.25, 0.3) is 0 Å². The van der Waals surface area contributed by atoms with Crippen molar-refractivity contribution in [1.82, 2.24) is 30.8 Å². The predicted molar refractivity (Wildman–Crippen MR) is 256 cm³/mol. The van der Waals surface area contributed by atoms with E-state index in [2.05, 4.69) is 33.2 Å². The number of hydrogen-bond acceptors (Lipinski definition) is 8. The minimum Gasteiger partial charge on any atom is -0.508 e. The smallest absolute Gasteiger partial charge is 0.243 e. The van der Waals surface area contributed by atoms with Crippen LogP contribution in [-0.2, 0) is 43.2 Å². The summed E-state index contributed by atoms with van der Waals surface area (Å²) in [7, 11) is 0. The fourth-order valence-corrected chi connectivity index (χ4v) is 7.78. The summed E-state index contributed by atoms with van der Waals surface area (Å²) >= 11 is 0. The number of carbonyl (C=O) groups is 5. The Morgan fingerprint density at radius 2 is 1.21 bits per heavy atom. The number of aromatic hydroxyl groups is 1. The molecular weight excluding hydrogens is 833 g/mol. The molecule has 4 atom stereocenters. The van der Waals surface area contributed by atoms with Crippen molar-refractivity contribution in [2.75, 3.05) is 6.54 Å². The number of phenols is 1. The summed E-state index contributed by atoms with van der Waals surface area (Å²) in [6, 6.07) is 29.1. The van der Waals surface area contributed by atoms with E-state index in [0.717, 1.165) is 54.4 Å². The molecule has 0 fully saturated rings. The van der Waals surface area contributed by atoms with Crippen LogP contribution in [-0.4, -0.2) is 74.9 Å². The van der Waals surface area contributed by atoms with Crippen LogP contribution in [0.4, 0.5) is 0 Å². The Labute approximate surface area is 388 Å². The predicted octanol–water partition coefficient (Wildman–Crippen LogP) is 5.48. The van der Waals surface area contributed by atoms with Gasteiger partial charge in [0.2, 0.25) is 29.5 Å². The summed E-state index contributed by atoms with van der Waals surface area (Å²) in [6.07, 6.45) is 10.7. The average Bonchev–Trinajstić information content (AvgIpc) is 3.77. The van der Waals surface area contributed by atoms with E-state index in [1.807, 2.05) is 103 Å². The lowest BCUT2D eigenvalue weighted by Crippen LogP contribution is -2.58. The number of aryl methyl sites for hydroxylation is 1. The van der Waals surface area contributed by atoms with Gasteiger partial charge in [-0.05, 0) is 67.0 Å². The maximum Gasteiger partial charge on any atom is 0.243 e. The standard InChI is InChI=1S/C52H66N8O6/c1-3-4-5-6-13-21-47(62)55-30-15-14-20-44(57-50(64)43(53)33-41-34-60(35-56-41)48(39-16-9-7-10-17-39)40-18-11-8-12-19-40)51(65)59-46(32-37-24-22-36(2)23-25-37)52(66)58-45(49(54)63)31-38-26-28-42(61)29-27-38/h7-12,16-19,22-29,34-35,43-46,48,61H,3-6,13-15,20-21,30-33,53H2,1-2H3,(H2,54,63)(H,55,62)(H,57,64)(H,58,66)(H,59,65)/t43-,44-,45-,46+/m0/s1. The molecule has 0 saturated carbocycles. The van der Waals surface area contributed by atoms with E-state index in [0.29, 0.717) is 37.1 Å². The largest absolute Gasteiger partial charge is 0.508 e. The van der Waals surface area contributed by atoms with Crippen molar-refractivity contribution in [3.8, 4) is 5.75 Å². The molecule has 0 aliphatic rings. The number of benzene rings is 4. The van der Waals surface area contributed by atoms with E-state index in [4.69, 9.17) is 11.5 Å². The molecule has 0 spiro atoms. The first-order valence-corrected chi connectivity index (χ1v) is 23.1. The number of nitrogens with two attached hydrogens (primary N) is 2. The minimum absolute atomic E-state index is 0.0222. The molecule has 0 radical (unpaired) electrons. The van der Waals surface area contributed by atoms with Crippen molar-refractivity contribution in [2.24, 2.45) is 11.5 Å². The van der Waals surface area contributed by atoms with Crippen LogP contribution in [0.5, 0.6) is 5.75 Å². The van der Waals surface area contributed by atoms with E-state index in [9.17, 15) is 29.1 Å². The Bertz CT molecular complexity index is 2250. The monoisotopic (exact) mass is 899 g/mol. The Hall–Kier alpha value is -6.80. The summed E-state index contributed by atoms with van der Waals surface area (Å²) in [5.74, 6) is -2.60. The normalized spacial score (nSPS) is 13.0. The van der Waals surface area contributed by atoms with E-state index < -0.39 is 47.8 Å². The van der Waals surface area contributed by atoms with Crippen LogP contribution in [0.3, 0.4) is 0 Å². The highest BCUT2D eigenvalue weighted by Gasteiger charge is 2.31. The van der Waals surface area contributed by atoms with Crippen molar-refractivity contribution in [3.63, 3.8) is 0 Å². The number of nitrogens with one attached hydrogen (secondary N) is 4. The second kappa shape index (κ2) is 26.2. The quantitative estimate of drug-likeness (QED) is 0.0334. The molecule has 4 aromatic carbocycles. The highest BCUT2D eigenvalue weighted by atomic mass is 16.3. The summed E-state index contributed by atoms with van der Waals surface area (Å²) in [5.41, 5.74) is 17.4. The highest BCUT2D eigenvalue weighted by Crippen LogP contribution is 2.27. The van der Waals surface area contributed by atoms with Crippen LogP contribution in [0.15, 0.2) is 122 Å². The van der Waals surface area contributed by atoms with Gasteiger partial charge in [-0.1, -0.05) is 135 Å². The molecule has 5 aromatic rings. The highest BCUT2D eigenvalue weighted by molar-refractivity contribution is 5.94. The molecule has 0 aliphatic heterocycles. The van der Waals surface area contributed by atoms with Gasteiger partial charge in [-0.3, -0.25) is 24.0 Å². The van der Waals surface area contributed by atoms with Gasteiger partial charge in [0.15, 0.2) is 0 Å². The van der Waals surface area contributed by atoms with Gasteiger partial charge in [-0.15, -0.1) is 0 Å². The van der Waals surface area contributed by atoms with Crippen LogP contribution < -0.4 is 32.7 Å². The first kappa shape index (κ1) is 50.2. The molecule has 0 bridgehead atoms. The first-order chi connectivity index (χ1) is 31.9. The molecule has 14 heteroatoms. The Morgan fingerprint density at radius 3 is 1.83 bits per heavy atom. The number of phenolic OH excluding ortho intramolecular Hbond substituents is 1. The van der Waals surface area contributed by atoms with Crippen molar-refractivity contribution in [3.05, 3.63) is 155 Å². The van der Waals surface area contributed by atoms with E-state index in [1.54, 1.807) is 18.5 Å². The Morgan fingerprint density at radius 1 is 0.652 bits per heavy atom. The molecule has 1 heterocycles. The second-order valence-corrected chi connectivity index (χ2v) is 17.0. The summed E-state index contributed by atoms with van der Waals surface area (Å²) in [5, 5.41) is 21.1. The minimum atomic E-state index is -1.17. The lowest BCUT2D eigenvalue weighted by molar-refractivity contribution is -0.133. The number of unbranched alkanes of at least 4 members (excludes halogenated alkanes) is 5. The van der Waals surface area contributed by atoms with Crippen LogP contribution in [0.2, 0.25) is 0 Å². The maximum absolute atomic E-state index is 14.3. The van der Waals surface area contributed by atoms with E-state index >= 15 is 0 Å². The van der Waals surface area contributed by atoms with Gasteiger partial charge >= 0.3 is 0 Å². The topological polar surface area (TPSA) is 224 Å².